The summed E-state index contributed by atoms with van der Waals surface area (Å²) in [7, 11) is -3.84. The van der Waals surface area contributed by atoms with Gasteiger partial charge < -0.3 is 9.52 Å². The molecule has 0 radical (unpaired) electrons. The third-order valence-corrected chi connectivity index (χ3v) is 4.63. The second-order valence-electron chi connectivity index (χ2n) is 4.31. The van der Waals surface area contributed by atoms with Crippen LogP contribution in [0, 0.1) is 0 Å². The van der Waals surface area contributed by atoms with Gasteiger partial charge in [0, 0.05) is 0 Å². The molecular formula is C13H12ClNO5S. The van der Waals surface area contributed by atoms with Gasteiger partial charge in [-0.1, -0.05) is 11.6 Å². The van der Waals surface area contributed by atoms with Crippen molar-refractivity contribution in [2.75, 3.05) is 0 Å². The molecule has 112 valence electrons. The van der Waals surface area contributed by atoms with Crippen molar-refractivity contribution in [3.63, 3.8) is 0 Å². The van der Waals surface area contributed by atoms with Gasteiger partial charge in [0.05, 0.1) is 27.8 Å². The zero-order chi connectivity index (χ0) is 15.6. The number of aromatic carboxylic acids is 1. The van der Waals surface area contributed by atoms with Crippen LogP contribution in [0.1, 0.15) is 29.1 Å². The summed E-state index contributed by atoms with van der Waals surface area (Å²) in [6.07, 6.45) is 1.44. The lowest BCUT2D eigenvalue weighted by molar-refractivity contribution is 0.0697. The monoisotopic (exact) mass is 329 g/mol. The smallest absolute Gasteiger partial charge is 0.337 e. The van der Waals surface area contributed by atoms with E-state index in [2.05, 4.69) is 4.72 Å². The van der Waals surface area contributed by atoms with Gasteiger partial charge in [-0.2, -0.15) is 0 Å². The number of carboxylic acids is 1. The zero-order valence-corrected chi connectivity index (χ0v) is 12.5. The van der Waals surface area contributed by atoms with Gasteiger partial charge in [-0.25, -0.2) is 17.9 Å². The van der Waals surface area contributed by atoms with E-state index in [4.69, 9.17) is 21.1 Å². The Bertz CT molecular complexity index is 755. The first-order chi connectivity index (χ1) is 9.81. The average molecular weight is 330 g/mol. The molecule has 0 saturated heterocycles. The number of halogens is 1. The van der Waals surface area contributed by atoms with Crippen molar-refractivity contribution in [3.8, 4) is 0 Å². The maximum atomic E-state index is 12.2. The number of sulfonamides is 1. The molecule has 0 saturated carbocycles. The number of rotatable bonds is 5. The van der Waals surface area contributed by atoms with Crippen molar-refractivity contribution in [1.29, 1.82) is 0 Å². The molecule has 0 amide bonds. The number of carbonyl (C=O) groups is 1. The predicted molar refractivity (Wildman–Crippen MR) is 75.9 cm³/mol. The van der Waals surface area contributed by atoms with Crippen molar-refractivity contribution in [2.45, 2.75) is 17.9 Å². The SMILES string of the molecule is C[C@H](NS(=O)(=O)c1ccc(C(=O)O)c(Cl)c1)c1ccco1. The molecule has 8 heteroatoms. The summed E-state index contributed by atoms with van der Waals surface area (Å²) in [6, 6.07) is 6.17. The lowest BCUT2D eigenvalue weighted by atomic mass is 10.2. The van der Waals surface area contributed by atoms with Crippen molar-refractivity contribution < 1.29 is 22.7 Å². The molecule has 1 atom stereocenters. The van der Waals surface area contributed by atoms with Gasteiger partial charge in [0.15, 0.2) is 0 Å². The molecule has 0 aliphatic heterocycles. The van der Waals surface area contributed by atoms with Gasteiger partial charge in [0.25, 0.3) is 0 Å². The first kappa shape index (κ1) is 15.6. The number of carboxylic acid groups (broad SMARTS) is 1. The van der Waals surface area contributed by atoms with E-state index < -0.39 is 22.0 Å². The summed E-state index contributed by atoms with van der Waals surface area (Å²) in [5.74, 6) is -0.757. The van der Waals surface area contributed by atoms with E-state index in [1.54, 1.807) is 19.1 Å². The van der Waals surface area contributed by atoms with Crippen molar-refractivity contribution in [3.05, 3.63) is 52.9 Å². The van der Waals surface area contributed by atoms with Gasteiger partial charge in [-0.3, -0.25) is 0 Å². The van der Waals surface area contributed by atoms with Crippen LogP contribution in [0.25, 0.3) is 0 Å². The molecule has 1 aromatic heterocycles. The molecule has 0 unspecified atom stereocenters. The molecule has 1 heterocycles. The maximum Gasteiger partial charge on any atom is 0.337 e. The topological polar surface area (TPSA) is 96.6 Å². The largest absolute Gasteiger partial charge is 0.478 e. The van der Waals surface area contributed by atoms with Gasteiger partial charge in [0.2, 0.25) is 10.0 Å². The zero-order valence-electron chi connectivity index (χ0n) is 10.9. The van der Waals surface area contributed by atoms with Crippen LogP contribution in [0.5, 0.6) is 0 Å². The number of nitrogens with one attached hydrogen (secondary N) is 1. The van der Waals surface area contributed by atoms with Crippen LogP contribution in [0.15, 0.2) is 45.9 Å². The molecule has 0 aliphatic carbocycles. The Morgan fingerprint density at radius 3 is 2.62 bits per heavy atom. The predicted octanol–water partition coefficient (Wildman–Crippen LogP) is 2.67. The van der Waals surface area contributed by atoms with Gasteiger partial charge in [-0.05, 0) is 37.3 Å². The maximum absolute atomic E-state index is 12.2. The quantitative estimate of drug-likeness (QED) is 0.879. The van der Waals surface area contributed by atoms with Crippen molar-refractivity contribution in [2.24, 2.45) is 0 Å². The van der Waals surface area contributed by atoms with E-state index in [0.717, 1.165) is 12.1 Å². The average Bonchev–Trinajstić information content (AvgIpc) is 2.91. The van der Waals surface area contributed by atoms with Crippen LogP contribution in [0.4, 0.5) is 0 Å². The molecule has 1 aromatic carbocycles. The van der Waals surface area contributed by atoms with E-state index in [9.17, 15) is 13.2 Å². The second-order valence-corrected chi connectivity index (χ2v) is 6.43. The highest BCUT2D eigenvalue weighted by Crippen LogP contribution is 2.22. The number of benzene rings is 1. The summed E-state index contributed by atoms with van der Waals surface area (Å²) in [5, 5.41) is 8.73. The normalized spacial score (nSPS) is 13.0. The van der Waals surface area contributed by atoms with Crippen LogP contribution < -0.4 is 4.72 Å². The van der Waals surface area contributed by atoms with Crippen LogP contribution >= 0.6 is 11.6 Å². The second kappa shape index (κ2) is 5.88. The van der Waals surface area contributed by atoms with Crippen LogP contribution in [0.2, 0.25) is 5.02 Å². The molecule has 2 rings (SSSR count). The highest BCUT2D eigenvalue weighted by Gasteiger charge is 2.21. The lowest BCUT2D eigenvalue weighted by Crippen LogP contribution is -2.26. The van der Waals surface area contributed by atoms with Gasteiger partial charge in [-0.15, -0.1) is 0 Å². The van der Waals surface area contributed by atoms with Gasteiger partial charge in [0.1, 0.15) is 5.76 Å². The highest BCUT2D eigenvalue weighted by atomic mass is 35.5. The Kier molecular flexibility index (Phi) is 4.36. The minimum atomic E-state index is -3.84. The van der Waals surface area contributed by atoms with E-state index in [1.165, 1.54) is 12.3 Å². The summed E-state index contributed by atoms with van der Waals surface area (Å²) in [6.45, 7) is 1.63. The first-order valence-corrected chi connectivity index (χ1v) is 7.76. The third-order valence-electron chi connectivity index (χ3n) is 2.78. The van der Waals surface area contributed by atoms with E-state index in [1.807, 2.05) is 0 Å². The van der Waals surface area contributed by atoms with Crippen LogP contribution in [0.3, 0.4) is 0 Å². The van der Waals surface area contributed by atoms with E-state index in [-0.39, 0.29) is 15.5 Å². The van der Waals surface area contributed by atoms with Crippen LogP contribution in [-0.4, -0.2) is 19.5 Å². The van der Waals surface area contributed by atoms with E-state index in [0.29, 0.717) is 5.76 Å². The molecule has 0 aliphatic rings. The summed E-state index contributed by atoms with van der Waals surface area (Å²) in [4.78, 5) is 10.7. The number of hydrogen-bond donors (Lipinski definition) is 2. The minimum Gasteiger partial charge on any atom is -0.478 e. The molecular weight excluding hydrogens is 318 g/mol. The van der Waals surface area contributed by atoms with Crippen molar-refractivity contribution >= 4 is 27.6 Å². The Hall–Kier alpha value is -1.83. The molecule has 0 spiro atoms. The standard InChI is InChI=1S/C13H12ClNO5S/c1-8(12-3-2-6-20-12)15-21(18,19)9-4-5-10(13(16)17)11(14)7-9/h2-8,15H,1H3,(H,16,17)/t8-/m0/s1. The Morgan fingerprint density at radius 1 is 1.38 bits per heavy atom. The number of hydrogen-bond acceptors (Lipinski definition) is 4. The molecule has 0 fully saturated rings. The fourth-order valence-electron chi connectivity index (χ4n) is 1.73. The summed E-state index contributed by atoms with van der Waals surface area (Å²) >= 11 is 5.77. The molecule has 2 aromatic rings. The fourth-order valence-corrected chi connectivity index (χ4v) is 3.30. The van der Waals surface area contributed by atoms with Gasteiger partial charge >= 0.3 is 5.97 Å². The lowest BCUT2D eigenvalue weighted by Gasteiger charge is -2.12. The Morgan fingerprint density at radius 2 is 2.10 bits per heavy atom. The van der Waals surface area contributed by atoms with E-state index >= 15 is 0 Å². The fraction of sp³-hybridized carbons (Fsp3) is 0.154. The third kappa shape index (κ3) is 3.44. The Labute approximate surface area is 126 Å². The first-order valence-electron chi connectivity index (χ1n) is 5.90. The molecule has 21 heavy (non-hydrogen) atoms. The number of furan rings is 1. The summed E-state index contributed by atoms with van der Waals surface area (Å²) < 4.78 is 32.0. The molecule has 0 bridgehead atoms. The minimum absolute atomic E-state index is 0.115. The molecule has 6 nitrogen and oxygen atoms in total. The Balaban J connectivity index is 2.28. The van der Waals surface area contributed by atoms with Crippen molar-refractivity contribution in [1.82, 2.24) is 4.72 Å². The highest BCUT2D eigenvalue weighted by molar-refractivity contribution is 7.89. The van der Waals surface area contributed by atoms with Crippen LogP contribution in [-0.2, 0) is 10.0 Å². The molecule has 2 N–H and O–H groups in total. The summed E-state index contributed by atoms with van der Waals surface area (Å²) in [5.41, 5.74) is -0.158.